The molecule has 1 aromatic heterocycles. The molecule has 2 aromatic rings. The van der Waals surface area contributed by atoms with E-state index in [1.807, 2.05) is 30.3 Å². The van der Waals surface area contributed by atoms with E-state index in [0.717, 1.165) is 5.69 Å². The Labute approximate surface area is 99.9 Å². The van der Waals surface area contributed by atoms with Gasteiger partial charge in [0.1, 0.15) is 0 Å². The lowest BCUT2D eigenvalue weighted by Crippen LogP contribution is -1.99. The number of ketones is 1. The van der Waals surface area contributed by atoms with Crippen LogP contribution in [0.5, 0.6) is 0 Å². The lowest BCUT2D eigenvalue weighted by molar-refractivity contribution is 0.100. The number of aliphatic imine (C=N–C) groups is 1. The Bertz CT molecular complexity index is 506. The molecule has 0 bridgehead atoms. The molecule has 0 fully saturated rings. The molecule has 0 spiro atoms. The number of carbonyl (C=O) groups excluding carboxylic acids is 1. The van der Waals surface area contributed by atoms with Gasteiger partial charge in [0.2, 0.25) is 0 Å². The number of carbonyl (C=O) groups is 1. The van der Waals surface area contributed by atoms with E-state index in [2.05, 4.69) is 9.98 Å². The number of aromatic nitrogens is 1. The highest BCUT2D eigenvalue weighted by Gasteiger charge is 2.02. The van der Waals surface area contributed by atoms with E-state index in [9.17, 15) is 4.79 Å². The minimum Gasteiger partial charge on any atom is -0.294 e. The van der Waals surface area contributed by atoms with Crippen LogP contribution in [-0.2, 0) is 0 Å². The van der Waals surface area contributed by atoms with Crippen LogP contribution >= 0.6 is 0 Å². The molecule has 0 amide bonds. The molecule has 0 saturated heterocycles. The fraction of sp³-hybridized carbons (Fsp3) is 0.0714. The average molecular weight is 224 g/mol. The average Bonchev–Trinajstić information content (AvgIpc) is 2.41. The summed E-state index contributed by atoms with van der Waals surface area (Å²) in [6, 6.07) is 13.0. The lowest BCUT2D eigenvalue weighted by atomic mass is 10.1. The topological polar surface area (TPSA) is 42.3 Å². The molecule has 1 aromatic carbocycles. The van der Waals surface area contributed by atoms with Crippen LogP contribution < -0.4 is 0 Å². The van der Waals surface area contributed by atoms with Gasteiger partial charge in [0, 0.05) is 30.6 Å². The van der Waals surface area contributed by atoms with Gasteiger partial charge < -0.3 is 0 Å². The quantitative estimate of drug-likeness (QED) is 0.591. The Kier molecular flexibility index (Phi) is 3.76. The lowest BCUT2D eigenvalue weighted by Gasteiger charge is -1.95. The van der Waals surface area contributed by atoms with Gasteiger partial charge in [-0.2, -0.15) is 0 Å². The smallest absolute Gasteiger partial charge is 0.168 e. The molecule has 0 aliphatic rings. The molecule has 0 radical (unpaired) electrons. The predicted octanol–water partition coefficient (Wildman–Crippen LogP) is 3.06. The number of hydrogen-bond acceptors (Lipinski definition) is 3. The molecule has 0 unspecified atom stereocenters. The van der Waals surface area contributed by atoms with Crippen LogP contribution in [-0.4, -0.2) is 17.0 Å². The SMILES string of the molecule is O=C(CC=Nc1ccccc1)c1ccncc1. The molecule has 0 saturated carbocycles. The van der Waals surface area contributed by atoms with Crippen molar-refractivity contribution >= 4 is 17.7 Å². The van der Waals surface area contributed by atoms with Gasteiger partial charge in [0.05, 0.1) is 5.69 Å². The Morgan fingerprint density at radius 1 is 1.12 bits per heavy atom. The number of rotatable bonds is 4. The zero-order valence-corrected chi connectivity index (χ0v) is 9.28. The first-order valence-electron chi connectivity index (χ1n) is 5.37. The third kappa shape index (κ3) is 3.34. The van der Waals surface area contributed by atoms with E-state index in [4.69, 9.17) is 0 Å². The van der Waals surface area contributed by atoms with Crippen LogP contribution in [0.25, 0.3) is 0 Å². The first kappa shape index (κ1) is 11.2. The molecule has 0 aliphatic heterocycles. The number of Topliss-reactive ketones (excluding diaryl/α,β-unsaturated/α-hetero) is 1. The van der Waals surface area contributed by atoms with Crippen LogP contribution in [0.2, 0.25) is 0 Å². The second-order valence-corrected chi connectivity index (χ2v) is 3.51. The van der Waals surface area contributed by atoms with Crippen LogP contribution in [0.15, 0.2) is 59.9 Å². The molecule has 0 N–H and O–H groups in total. The largest absolute Gasteiger partial charge is 0.294 e. The van der Waals surface area contributed by atoms with Crippen molar-refractivity contribution in [2.75, 3.05) is 0 Å². The zero-order valence-electron chi connectivity index (χ0n) is 9.28. The van der Waals surface area contributed by atoms with E-state index in [1.54, 1.807) is 30.7 Å². The van der Waals surface area contributed by atoms with Gasteiger partial charge in [-0.1, -0.05) is 18.2 Å². The summed E-state index contributed by atoms with van der Waals surface area (Å²) in [6.45, 7) is 0. The molecular weight excluding hydrogens is 212 g/mol. The van der Waals surface area contributed by atoms with Crippen molar-refractivity contribution in [3.8, 4) is 0 Å². The molecule has 3 heteroatoms. The maximum absolute atomic E-state index is 11.7. The third-order valence-electron chi connectivity index (χ3n) is 2.28. The summed E-state index contributed by atoms with van der Waals surface area (Å²) in [5, 5.41) is 0. The predicted molar refractivity (Wildman–Crippen MR) is 67.8 cm³/mol. The van der Waals surface area contributed by atoms with Gasteiger partial charge in [-0.15, -0.1) is 0 Å². The standard InChI is InChI=1S/C14H12N2O/c17-14(12-6-9-15-10-7-12)8-11-16-13-4-2-1-3-5-13/h1-7,9-11H,8H2. The van der Waals surface area contributed by atoms with Crippen molar-refractivity contribution in [1.82, 2.24) is 4.98 Å². The highest BCUT2D eigenvalue weighted by molar-refractivity contribution is 6.03. The minimum atomic E-state index is 0.0482. The summed E-state index contributed by atoms with van der Waals surface area (Å²) in [7, 11) is 0. The number of benzene rings is 1. The first-order valence-corrected chi connectivity index (χ1v) is 5.37. The maximum Gasteiger partial charge on any atom is 0.168 e. The molecule has 0 aliphatic carbocycles. The second kappa shape index (κ2) is 5.70. The van der Waals surface area contributed by atoms with Crippen molar-refractivity contribution in [3.63, 3.8) is 0 Å². The molecule has 2 rings (SSSR count). The Morgan fingerprint density at radius 2 is 1.82 bits per heavy atom. The summed E-state index contributed by atoms with van der Waals surface area (Å²) in [6.07, 6.45) is 5.17. The molecule has 84 valence electrons. The normalized spacial score (nSPS) is 10.6. The molecule has 3 nitrogen and oxygen atoms in total. The summed E-state index contributed by atoms with van der Waals surface area (Å²) < 4.78 is 0. The number of pyridine rings is 1. The summed E-state index contributed by atoms with van der Waals surface area (Å²) >= 11 is 0. The summed E-state index contributed by atoms with van der Waals surface area (Å²) in [5.74, 6) is 0.0482. The van der Waals surface area contributed by atoms with Gasteiger partial charge in [0.15, 0.2) is 5.78 Å². The summed E-state index contributed by atoms with van der Waals surface area (Å²) in [5.41, 5.74) is 1.52. The number of para-hydroxylation sites is 1. The highest BCUT2D eigenvalue weighted by Crippen LogP contribution is 2.09. The van der Waals surface area contributed by atoms with Crippen LogP contribution in [0, 0.1) is 0 Å². The van der Waals surface area contributed by atoms with Gasteiger partial charge in [-0.05, 0) is 24.3 Å². The Hall–Kier alpha value is -2.29. The van der Waals surface area contributed by atoms with Crippen molar-refractivity contribution in [3.05, 3.63) is 60.4 Å². The van der Waals surface area contributed by atoms with E-state index in [-0.39, 0.29) is 5.78 Å². The fourth-order valence-corrected chi connectivity index (χ4v) is 1.40. The number of nitrogens with zero attached hydrogens (tertiary/aromatic N) is 2. The van der Waals surface area contributed by atoms with Gasteiger partial charge in [-0.3, -0.25) is 14.8 Å². The Morgan fingerprint density at radius 3 is 2.53 bits per heavy atom. The van der Waals surface area contributed by atoms with Crippen molar-refractivity contribution < 1.29 is 4.79 Å². The highest BCUT2D eigenvalue weighted by atomic mass is 16.1. The third-order valence-corrected chi connectivity index (χ3v) is 2.28. The Balaban J connectivity index is 1.95. The van der Waals surface area contributed by atoms with E-state index in [1.165, 1.54) is 0 Å². The monoisotopic (exact) mass is 224 g/mol. The molecular formula is C14H12N2O. The molecule has 1 heterocycles. The van der Waals surface area contributed by atoms with Crippen molar-refractivity contribution in [2.24, 2.45) is 4.99 Å². The van der Waals surface area contributed by atoms with Gasteiger partial charge in [-0.25, -0.2) is 0 Å². The van der Waals surface area contributed by atoms with Crippen LogP contribution in [0.3, 0.4) is 0 Å². The van der Waals surface area contributed by atoms with Crippen LogP contribution in [0.1, 0.15) is 16.8 Å². The molecule has 17 heavy (non-hydrogen) atoms. The molecule has 0 atom stereocenters. The van der Waals surface area contributed by atoms with Crippen molar-refractivity contribution in [1.29, 1.82) is 0 Å². The second-order valence-electron chi connectivity index (χ2n) is 3.51. The number of hydrogen-bond donors (Lipinski definition) is 0. The van der Waals surface area contributed by atoms with E-state index in [0.29, 0.717) is 12.0 Å². The zero-order chi connectivity index (χ0) is 11.9. The van der Waals surface area contributed by atoms with E-state index < -0.39 is 0 Å². The maximum atomic E-state index is 11.7. The van der Waals surface area contributed by atoms with E-state index >= 15 is 0 Å². The minimum absolute atomic E-state index is 0.0482. The van der Waals surface area contributed by atoms with Crippen molar-refractivity contribution in [2.45, 2.75) is 6.42 Å². The van der Waals surface area contributed by atoms with Gasteiger partial charge >= 0.3 is 0 Å². The first-order chi connectivity index (χ1) is 8.36. The van der Waals surface area contributed by atoms with Gasteiger partial charge in [0.25, 0.3) is 0 Å². The fourth-order valence-electron chi connectivity index (χ4n) is 1.40. The summed E-state index contributed by atoms with van der Waals surface area (Å²) in [4.78, 5) is 19.8. The van der Waals surface area contributed by atoms with Crippen LogP contribution in [0.4, 0.5) is 5.69 Å².